The molecule has 1 fully saturated rings. The van der Waals surface area contributed by atoms with E-state index in [0.29, 0.717) is 0 Å². The number of hydrogen-bond acceptors (Lipinski definition) is 3. The van der Waals surface area contributed by atoms with Crippen molar-refractivity contribution >= 4 is 0 Å². The Balaban J connectivity index is 1.68. The van der Waals surface area contributed by atoms with Gasteiger partial charge in [-0.15, -0.1) is 0 Å². The first-order chi connectivity index (χ1) is 8.93. The number of nitrogens with zero attached hydrogens (tertiary/aromatic N) is 1. The highest BCUT2D eigenvalue weighted by Gasteiger charge is 2.09. The molecule has 0 aliphatic carbocycles. The summed E-state index contributed by atoms with van der Waals surface area (Å²) in [6, 6.07) is 0. The summed E-state index contributed by atoms with van der Waals surface area (Å²) < 4.78 is 5.68. The first kappa shape index (κ1) is 15.9. The summed E-state index contributed by atoms with van der Waals surface area (Å²) in [5.41, 5.74) is 0. The van der Waals surface area contributed by atoms with Crippen molar-refractivity contribution in [1.29, 1.82) is 0 Å². The Kier molecular flexibility index (Phi) is 10.6. The first-order valence-corrected chi connectivity index (χ1v) is 7.94. The minimum atomic E-state index is 0.929. The van der Waals surface area contributed by atoms with Gasteiger partial charge in [0, 0.05) is 13.2 Å². The van der Waals surface area contributed by atoms with E-state index in [1.165, 1.54) is 71.1 Å². The lowest BCUT2D eigenvalue weighted by Gasteiger charge is -2.14. The Labute approximate surface area is 113 Å². The van der Waals surface area contributed by atoms with Gasteiger partial charge in [0.1, 0.15) is 0 Å². The molecule has 1 aliphatic rings. The van der Waals surface area contributed by atoms with Crippen LogP contribution in [0.3, 0.4) is 0 Å². The van der Waals surface area contributed by atoms with E-state index in [4.69, 9.17) is 4.74 Å². The monoisotopic (exact) mass is 256 g/mol. The Morgan fingerprint density at radius 1 is 0.944 bits per heavy atom. The second kappa shape index (κ2) is 11.9. The second-order valence-electron chi connectivity index (χ2n) is 5.33. The second-order valence-corrected chi connectivity index (χ2v) is 5.33. The van der Waals surface area contributed by atoms with Gasteiger partial charge in [-0.2, -0.15) is 0 Å². The summed E-state index contributed by atoms with van der Waals surface area (Å²) in [4.78, 5) is 2.51. The van der Waals surface area contributed by atoms with Crippen LogP contribution in [0.25, 0.3) is 0 Å². The molecule has 1 N–H and O–H groups in total. The Morgan fingerprint density at radius 3 is 2.50 bits per heavy atom. The van der Waals surface area contributed by atoms with E-state index >= 15 is 0 Å². The number of unbranched alkanes of at least 4 members (excludes halogenated alkanes) is 3. The highest BCUT2D eigenvalue weighted by atomic mass is 16.5. The summed E-state index contributed by atoms with van der Waals surface area (Å²) in [6.07, 6.45) is 9.20. The summed E-state index contributed by atoms with van der Waals surface area (Å²) in [5, 5.41) is 3.44. The summed E-state index contributed by atoms with van der Waals surface area (Å²) in [6.45, 7) is 10.2. The van der Waals surface area contributed by atoms with Gasteiger partial charge in [0.15, 0.2) is 0 Å². The lowest BCUT2D eigenvalue weighted by molar-refractivity contribution is 0.108. The molecule has 0 unspecified atom stereocenters. The van der Waals surface area contributed by atoms with Crippen LogP contribution in [-0.2, 0) is 4.74 Å². The van der Waals surface area contributed by atoms with Crippen LogP contribution in [0, 0.1) is 0 Å². The molecule has 0 spiro atoms. The molecule has 3 nitrogen and oxygen atoms in total. The number of rotatable bonds is 12. The molecule has 1 rings (SSSR count). The molecular formula is C15H32N2O. The summed E-state index contributed by atoms with van der Waals surface area (Å²) in [5.74, 6) is 0. The van der Waals surface area contributed by atoms with Gasteiger partial charge < -0.3 is 15.0 Å². The smallest absolute Gasteiger partial charge is 0.0593 e. The van der Waals surface area contributed by atoms with Crippen molar-refractivity contribution in [1.82, 2.24) is 10.2 Å². The Morgan fingerprint density at radius 2 is 1.72 bits per heavy atom. The molecule has 3 heteroatoms. The van der Waals surface area contributed by atoms with Crippen molar-refractivity contribution in [3.05, 3.63) is 0 Å². The quantitative estimate of drug-likeness (QED) is 0.543. The third kappa shape index (κ3) is 8.90. The van der Waals surface area contributed by atoms with Gasteiger partial charge in [-0.1, -0.05) is 19.8 Å². The molecule has 108 valence electrons. The average Bonchev–Trinajstić information content (AvgIpc) is 2.89. The van der Waals surface area contributed by atoms with Crippen molar-refractivity contribution in [2.24, 2.45) is 0 Å². The van der Waals surface area contributed by atoms with Crippen molar-refractivity contribution < 1.29 is 4.74 Å². The third-order valence-corrected chi connectivity index (χ3v) is 3.57. The van der Waals surface area contributed by atoms with Gasteiger partial charge in [-0.3, -0.25) is 0 Å². The van der Waals surface area contributed by atoms with Crippen molar-refractivity contribution in [2.45, 2.75) is 51.9 Å². The standard InChI is InChI=1S/C15H32N2O/c1-2-9-16-10-5-3-4-8-14-18-15-13-17-11-6-7-12-17/h16H,2-15H2,1H3. The summed E-state index contributed by atoms with van der Waals surface area (Å²) in [7, 11) is 0. The molecule has 1 heterocycles. The maximum absolute atomic E-state index is 5.68. The van der Waals surface area contributed by atoms with Gasteiger partial charge in [-0.05, 0) is 58.3 Å². The van der Waals surface area contributed by atoms with Crippen molar-refractivity contribution in [3.63, 3.8) is 0 Å². The lowest BCUT2D eigenvalue weighted by atomic mass is 10.2. The van der Waals surface area contributed by atoms with Crippen LogP contribution >= 0.6 is 0 Å². The predicted octanol–water partition coefficient (Wildman–Crippen LogP) is 2.66. The van der Waals surface area contributed by atoms with Crippen LogP contribution in [-0.4, -0.2) is 50.8 Å². The fraction of sp³-hybridized carbons (Fsp3) is 1.00. The van der Waals surface area contributed by atoms with Gasteiger partial charge in [-0.25, -0.2) is 0 Å². The fourth-order valence-corrected chi connectivity index (χ4v) is 2.41. The molecule has 1 saturated heterocycles. The van der Waals surface area contributed by atoms with E-state index in [0.717, 1.165) is 19.8 Å². The third-order valence-electron chi connectivity index (χ3n) is 3.57. The Hall–Kier alpha value is -0.120. The van der Waals surface area contributed by atoms with Gasteiger partial charge in [0.25, 0.3) is 0 Å². The van der Waals surface area contributed by atoms with Gasteiger partial charge in [0.2, 0.25) is 0 Å². The molecule has 0 saturated carbocycles. The topological polar surface area (TPSA) is 24.5 Å². The molecular weight excluding hydrogens is 224 g/mol. The maximum Gasteiger partial charge on any atom is 0.0593 e. The van der Waals surface area contributed by atoms with Crippen molar-refractivity contribution in [3.8, 4) is 0 Å². The van der Waals surface area contributed by atoms with E-state index in [-0.39, 0.29) is 0 Å². The number of nitrogens with one attached hydrogen (secondary N) is 1. The van der Waals surface area contributed by atoms with E-state index < -0.39 is 0 Å². The van der Waals surface area contributed by atoms with Crippen molar-refractivity contribution in [2.75, 3.05) is 45.9 Å². The zero-order valence-corrected chi connectivity index (χ0v) is 12.3. The van der Waals surface area contributed by atoms with Crippen LogP contribution < -0.4 is 5.32 Å². The normalized spacial score (nSPS) is 16.5. The average molecular weight is 256 g/mol. The SMILES string of the molecule is CCCNCCCCCCOCCN1CCCC1. The zero-order valence-electron chi connectivity index (χ0n) is 12.3. The molecule has 0 aromatic carbocycles. The number of ether oxygens (including phenoxy) is 1. The highest BCUT2D eigenvalue weighted by Crippen LogP contribution is 2.06. The fourth-order valence-electron chi connectivity index (χ4n) is 2.41. The molecule has 0 atom stereocenters. The van der Waals surface area contributed by atoms with Crippen LogP contribution in [0.5, 0.6) is 0 Å². The largest absolute Gasteiger partial charge is 0.380 e. The van der Waals surface area contributed by atoms with Crippen LogP contribution in [0.4, 0.5) is 0 Å². The van der Waals surface area contributed by atoms with Gasteiger partial charge in [0.05, 0.1) is 6.61 Å². The zero-order chi connectivity index (χ0) is 12.9. The molecule has 18 heavy (non-hydrogen) atoms. The molecule has 0 aromatic rings. The number of likely N-dealkylation sites (tertiary alicyclic amines) is 1. The van der Waals surface area contributed by atoms with Crippen LogP contribution in [0.2, 0.25) is 0 Å². The van der Waals surface area contributed by atoms with Crippen LogP contribution in [0.15, 0.2) is 0 Å². The van der Waals surface area contributed by atoms with Gasteiger partial charge >= 0.3 is 0 Å². The van der Waals surface area contributed by atoms with E-state index in [2.05, 4.69) is 17.1 Å². The van der Waals surface area contributed by atoms with E-state index in [1.807, 2.05) is 0 Å². The highest BCUT2D eigenvalue weighted by molar-refractivity contribution is 4.65. The molecule has 0 bridgehead atoms. The van der Waals surface area contributed by atoms with E-state index in [1.54, 1.807) is 0 Å². The minimum absolute atomic E-state index is 0.929. The molecule has 0 aromatic heterocycles. The van der Waals surface area contributed by atoms with Crippen LogP contribution in [0.1, 0.15) is 51.9 Å². The molecule has 0 amide bonds. The maximum atomic E-state index is 5.68. The minimum Gasteiger partial charge on any atom is -0.380 e. The van der Waals surface area contributed by atoms with E-state index in [9.17, 15) is 0 Å². The lowest BCUT2D eigenvalue weighted by Crippen LogP contribution is -2.24. The first-order valence-electron chi connectivity index (χ1n) is 7.94. The molecule has 0 radical (unpaired) electrons. The molecule has 1 aliphatic heterocycles. The predicted molar refractivity (Wildman–Crippen MR) is 78.1 cm³/mol. The summed E-state index contributed by atoms with van der Waals surface area (Å²) >= 11 is 0. The number of hydrogen-bond donors (Lipinski definition) is 1. The Bertz CT molecular complexity index is 170.